The van der Waals surface area contributed by atoms with Crippen LogP contribution in [0.2, 0.25) is 0 Å². The van der Waals surface area contributed by atoms with E-state index in [9.17, 15) is 13.5 Å². The largest absolute Gasteiger partial charge is 0.479 e. The summed E-state index contributed by atoms with van der Waals surface area (Å²) in [6.45, 7) is 8.05. The summed E-state index contributed by atoms with van der Waals surface area (Å²) in [5.74, 6) is 0. The highest BCUT2D eigenvalue weighted by molar-refractivity contribution is 7.92. The van der Waals surface area contributed by atoms with Crippen molar-refractivity contribution in [1.29, 1.82) is 0 Å². The van der Waals surface area contributed by atoms with Gasteiger partial charge in [0.05, 0.1) is 11.1 Å². The van der Waals surface area contributed by atoms with Crippen molar-refractivity contribution in [2.75, 3.05) is 4.72 Å². The fourth-order valence-corrected chi connectivity index (χ4v) is 4.66. The third-order valence-electron chi connectivity index (χ3n) is 5.07. The lowest BCUT2D eigenvalue weighted by molar-refractivity contribution is 0.411. The zero-order valence-corrected chi connectivity index (χ0v) is 18.5. The summed E-state index contributed by atoms with van der Waals surface area (Å²) >= 11 is 0. The number of nitrogens with one attached hydrogen (secondary N) is 1. The Bertz CT molecular complexity index is 1370. The summed E-state index contributed by atoms with van der Waals surface area (Å²) in [6, 6.07) is 12.1. The maximum absolute atomic E-state index is 13.0. The number of fused-ring (bicyclic) bond motifs is 1. The summed E-state index contributed by atoms with van der Waals surface area (Å²) in [4.78, 5) is 8.04. The van der Waals surface area contributed by atoms with Crippen LogP contribution in [0.1, 0.15) is 31.9 Å². The van der Waals surface area contributed by atoms with Crippen molar-refractivity contribution in [2.24, 2.45) is 0 Å². The van der Waals surface area contributed by atoms with Crippen LogP contribution in [0.5, 0.6) is 6.01 Å². The van der Waals surface area contributed by atoms with E-state index in [4.69, 9.17) is 0 Å². The fourth-order valence-electron chi connectivity index (χ4n) is 3.37. The van der Waals surface area contributed by atoms with Gasteiger partial charge in [0.2, 0.25) is 0 Å². The summed E-state index contributed by atoms with van der Waals surface area (Å²) in [6.07, 6.45) is 2.80. The molecule has 0 spiro atoms. The van der Waals surface area contributed by atoms with Crippen molar-refractivity contribution in [3.8, 4) is 17.1 Å². The number of aryl methyl sites for hydroxylation is 1. The van der Waals surface area contributed by atoms with Crippen LogP contribution in [-0.4, -0.2) is 33.1 Å². The molecule has 0 bridgehead atoms. The van der Waals surface area contributed by atoms with Crippen LogP contribution in [0.15, 0.2) is 59.9 Å². The van der Waals surface area contributed by atoms with Crippen LogP contribution in [0.3, 0.4) is 0 Å². The predicted octanol–water partition coefficient (Wildman–Crippen LogP) is 3.90. The van der Waals surface area contributed by atoms with Crippen molar-refractivity contribution in [1.82, 2.24) is 19.6 Å². The number of hydrogen-bond donors (Lipinski definition) is 2. The number of benzene rings is 2. The van der Waals surface area contributed by atoms with Crippen molar-refractivity contribution in [2.45, 2.75) is 38.0 Å². The molecular weight excluding hydrogens is 414 g/mol. The molecule has 0 unspecified atom stereocenters. The van der Waals surface area contributed by atoms with Crippen LogP contribution in [0, 0.1) is 6.92 Å². The minimum Gasteiger partial charge on any atom is -0.479 e. The minimum absolute atomic E-state index is 0.0103. The van der Waals surface area contributed by atoms with Crippen molar-refractivity contribution in [3.63, 3.8) is 0 Å². The van der Waals surface area contributed by atoms with Gasteiger partial charge in [-0.2, -0.15) is 14.6 Å². The van der Waals surface area contributed by atoms with Gasteiger partial charge >= 0.3 is 6.01 Å². The van der Waals surface area contributed by atoms with Crippen LogP contribution >= 0.6 is 0 Å². The Kier molecular flexibility index (Phi) is 4.93. The summed E-state index contributed by atoms with van der Waals surface area (Å²) in [5.41, 5.74) is 4.03. The molecule has 0 radical (unpaired) electrons. The first kappa shape index (κ1) is 20.8. The molecule has 0 aliphatic heterocycles. The number of aromatic nitrogens is 4. The maximum Gasteiger partial charge on any atom is 0.318 e. The SMILES string of the molecule is Cc1cc(-c2cnn3c(O)ncnc23)ccc1S(=O)(=O)Nc1ccc(C(C)(C)C)cc1. The first-order valence-corrected chi connectivity index (χ1v) is 11.2. The summed E-state index contributed by atoms with van der Waals surface area (Å²) in [7, 11) is -3.76. The highest BCUT2D eigenvalue weighted by Gasteiger charge is 2.20. The van der Waals surface area contributed by atoms with Gasteiger partial charge in [-0.05, 0) is 53.3 Å². The van der Waals surface area contributed by atoms with Gasteiger partial charge in [0, 0.05) is 11.3 Å². The van der Waals surface area contributed by atoms with Crippen LogP contribution < -0.4 is 4.72 Å². The number of sulfonamides is 1. The highest BCUT2D eigenvalue weighted by atomic mass is 32.2. The lowest BCUT2D eigenvalue weighted by Gasteiger charge is -2.19. The second kappa shape index (κ2) is 7.35. The molecule has 2 heterocycles. The molecule has 0 aliphatic carbocycles. The van der Waals surface area contributed by atoms with E-state index in [0.717, 1.165) is 11.1 Å². The molecule has 2 aromatic heterocycles. The van der Waals surface area contributed by atoms with Gasteiger partial charge in [-0.1, -0.05) is 39.0 Å². The normalized spacial score (nSPS) is 12.3. The number of aromatic hydroxyl groups is 1. The summed E-state index contributed by atoms with van der Waals surface area (Å²) in [5, 5.41) is 13.9. The third-order valence-corrected chi connectivity index (χ3v) is 6.61. The lowest BCUT2D eigenvalue weighted by atomic mass is 9.87. The molecule has 0 amide bonds. The van der Waals surface area contributed by atoms with Crippen LogP contribution in [0.4, 0.5) is 5.69 Å². The van der Waals surface area contributed by atoms with Gasteiger partial charge in [0.1, 0.15) is 6.33 Å². The Hall–Kier alpha value is -3.46. The van der Waals surface area contributed by atoms with E-state index < -0.39 is 10.0 Å². The van der Waals surface area contributed by atoms with E-state index >= 15 is 0 Å². The van der Waals surface area contributed by atoms with Crippen LogP contribution in [-0.2, 0) is 15.4 Å². The zero-order chi connectivity index (χ0) is 22.4. The maximum atomic E-state index is 13.0. The molecule has 0 saturated heterocycles. The first-order chi connectivity index (χ1) is 14.6. The molecule has 160 valence electrons. The smallest absolute Gasteiger partial charge is 0.318 e. The van der Waals surface area contributed by atoms with Gasteiger partial charge in [-0.25, -0.2) is 13.4 Å². The van der Waals surface area contributed by atoms with Crippen LogP contribution in [0.25, 0.3) is 16.8 Å². The van der Waals surface area contributed by atoms with E-state index in [2.05, 4.69) is 40.6 Å². The van der Waals surface area contributed by atoms with E-state index in [1.54, 1.807) is 43.5 Å². The molecule has 0 saturated carbocycles. The predicted molar refractivity (Wildman–Crippen MR) is 119 cm³/mol. The van der Waals surface area contributed by atoms with E-state index in [1.165, 1.54) is 10.8 Å². The number of anilines is 1. The first-order valence-electron chi connectivity index (χ1n) is 9.68. The van der Waals surface area contributed by atoms with Gasteiger partial charge in [0.15, 0.2) is 5.65 Å². The molecule has 4 aromatic rings. The molecule has 31 heavy (non-hydrogen) atoms. The standard InChI is InChI=1S/C22H23N5O3S/c1-14-11-15(18-12-25-27-20(18)23-13-24-21(27)28)5-10-19(14)31(29,30)26-17-8-6-16(7-9-17)22(2,3)4/h5-13,26H,1-4H3,(H,23,24,28). The Labute approximate surface area is 180 Å². The Morgan fingerprint density at radius 1 is 1.03 bits per heavy atom. The van der Waals surface area contributed by atoms with Crippen molar-refractivity contribution >= 4 is 21.4 Å². The van der Waals surface area contributed by atoms with Crippen molar-refractivity contribution < 1.29 is 13.5 Å². The fraction of sp³-hybridized carbons (Fsp3) is 0.227. The number of nitrogens with zero attached hydrogens (tertiary/aromatic N) is 4. The summed E-state index contributed by atoms with van der Waals surface area (Å²) < 4.78 is 29.8. The minimum atomic E-state index is -3.76. The average Bonchev–Trinajstić information content (AvgIpc) is 3.12. The molecule has 2 aromatic carbocycles. The number of rotatable bonds is 4. The highest BCUT2D eigenvalue weighted by Crippen LogP contribution is 2.29. The zero-order valence-electron chi connectivity index (χ0n) is 17.7. The second-order valence-electron chi connectivity index (χ2n) is 8.38. The Morgan fingerprint density at radius 3 is 2.39 bits per heavy atom. The lowest BCUT2D eigenvalue weighted by Crippen LogP contribution is -2.15. The van der Waals surface area contributed by atoms with E-state index in [-0.39, 0.29) is 16.3 Å². The van der Waals surface area contributed by atoms with Gasteiger partial charge in [0.25, 0.3) is 10.0 Å². The van der Waals surface area contributed by atoms with Gasteiger partial charge in [-0.3, -0.25) is 4.72 Å². The quantitative estimate of drug-likeness (QED) is 0.501. The molecule has 4 rings (SSSR count). The van der Waals surface area contributed by atoms with E-state index in [1.807, 2.05) is 12.1 Å². The molecule has 0 fully saturated rings. The molecule has 9 heteroatoms. The monoisotopic (exact) mass is 437 g/mol. The average molecular weight is 438 g/mol. The van der Waals surface area contributed by atoms with Gasteiger partial charge in [-0.15, -0.1) is 0 Å². The Balaban J connectivity index is 1.65. The molecule has 2 N–H and O–H groups in total. The molecule has 0 aliphatic rings. The molecular formula is C22H23N5O3S. The molecule has 0 atom stereocenters. The number of hydrogen-bond acceptors (Lipinski definition) is 6. The topological polar surface area (TPSA) is 109 Å². The Morgan fingerprint density at radius 2 is 1.74 bits per heavy atom. The van der Waals surface area contributed by atoms with Crippen molar-refractivity contribution in [3.05, 3.63) is 66.1 Å². The third kappa shape index (κ3) is 3.96. The van der Waals surface area contributed by atoms with E-state index in [0.29, 0.717) is 22.5 Å². The van der Waals surface area contributed by atoms with Gasteiger partial charge < -0.3 is 5.11 Å². The molecule has 8 nitrogen and oxygen atoms in total. The second-order valence-corrected chi connectivity index (χ2v) is 10.0.